The second-order valence-electron chi connectivity index (χ2n) is 4.84. The van der Waals surface area contributed by atoms with Gasteiger partial charge in [0, 0.05) is 18.5 Å². The Kier molecular flexibility index (Phi) is 3.15. The number of likely N-dealkylation sites (N-methyl/N-ethyl adjacent to an activating group) is 1. The van der Waals surface area contributed by atoms with E-state index >= 15 is 0 Å². The monoisotopic (exact) mass is 207 g/mol. The molecule has 2 heterocycles. The summed E-state index contributed by atoms with van der Waals surface area (Å²) in [6, 6.07) is 4.83. The lowest BCUT2D eigenvalue weighted by Crippen LogP contribution is -2.30. The predicted octanol–water partition coefficient (Wildman–Crippen LogP) is 3.11. The fourth-order valence-electron chi connectivity index (χ4n) is 2.70. The quantitative estimate of drug-likeness (QED) is 0.757. The van der Waals surface area contributed by atoms with Crippen molar-refractivity contribution >= 4 is 0 Å². The molecule has 0 saturated carbocycles. The smallest absolute Gasteiger partial charge is 0.108 e. The molecule has 1 aromatic heterocycles. The van der Waals surface area contributed by atoms with Crippen LogP contribution in [0.1, 0.15) is 38.4 Å². The first kappa shape index (κ1) is 10.7. The van der Waals surface area contributed by atoms with Crippen LogP contribution < -0.4 is 0 Å². The van der Waals surface area contributed by atoms with Crippen molar-refractivity contribution in [1.29, 1.82) is 0 Å². The molecule has 0 spiro atoms. The number of hydrogen-bond acceptors (Lipinski definition) is 2. The van der Waals surface area contributed by atoms with Crippen LogP contribution in [0.25, 0.3) is 0 Å². The number of nitrogens with zero attached hydrogens (tertiary/aromatic N) is 1. The van der Waals surface area contributed by atoms with E-state index in [1.807, 2.05) is 6.07 Å². The Morgan fingerprint density at radius 1 is 1.60 bits per heavy atom. The zero-order chi connectivity index (χ0) is 10.8. The molecule has 0 radical (unpaired) electrons. The molecular weight excluding hydrogens is 186 g/mol. The normalized spacial score (nSPS) is 29.5. The largest absolute Gasteiger partial charge is 0.469 e. The molecule has 1 aliphatic heterocycles. The maximum absolute atomic E-state index is 5.50. The van der Waals surface area contributed by atoms with Crippen LogP contribution in [0.3, 0.4) is 0 Å². The number of likely N-dealkylation sites (tertiary alicyclic amines) is 1. The Morgan fingerprint density at radius 3 is 3.00 bits per heavy atom. The maximum atomic E-state index is 5.50. The molecule has 0 N–H and O–H groups in total. The Morgan fingerprint density at radius 2 is 2.40 bits per heavy atom. The van der Waals surface area contributed by atoms with E-state index < -0.39 is 0 Å². The second-order valence-corrected chi connectivity index (χ2v) is 4.84. The van der Waals surface area contributed by atoms with Crippen molar-refractivity contribution in [2.45, 2.75) is 38.6 Å². The molecule has 84 valence electrons. The molecule has 0 aliphatic carbocycles. The van der Waals surface area contributed by atoms with Crippen LogP contribution in [0.15, 0.2) is 22.8 Å². The molecule has 15 heavy (non-hydrogen) atoms. The SMILES string of the molecule is CCC(C)[C@@H]1C[C@H](c2ccco2)CN1C. The van der Waals surface area contributed by atoms with Gasteiger partial charge in [0.15, 0.2) is 0 Å². The molecule has 1 saturated heterocycles. The van der Waals surface area contributed by atoms with Gasteiger partial charge in [-0.1, -0.05) is 20.3 Å². The maximum Gasteiger partial charge on any atom is 0.108 e. The van der Waals surface area contributed by atoms with E-state index in [1.165, 1.54) is 12.8 Å². The second kappa shape index (κ2) is 4.40. The van der Waals surface area contributed by atoms with Crippen LogP contribution in [-0.2, 0) is 0 Å². The highest BCUT2D eigenvalue weighted by Gasteiger charge is 2.34. The summed E-state index contributed by atoms with van der Waals surface area (Å²) >= 11 is 0. The van der Waals surface area contributed by atoms with Crippen molar-refractivity contribution in [2.75, 3.05) is 13.6 Å². The summed E-state index contributed by atoms with van der Waals surface area (Å²) in [7, 11) is 2.24. The molecule has 1 fully saturated rings. The van der Waals surface area contributed by atoms with Gasteiger partial charge in [-0.25, -0.2) is 0 Å². The van der Waals surface area contributed by atoms with Crippen molar-refractivity contribution in [1.82, 2.24) is 4.90 Å². The van der Waals surface area contributed by atoms with Crippen LogP contribution in [-0.4, -0.2) is 24.5 Å². The summed E-state index contributed by atoms with van der Waals surface area (Å²) in [6.07, 6.45) is 4.30. The highest BCUT2D eigenvalue weighted by atomic mass is 16.3. The van der Waals surface area contributed by atoms with E-state index in [1.54, 1.807) is 6.26 Å². The van der Waals surface area contributed by atoms with Gasteiger partial charge in [-0.2, -0.15) is 0 Å². The van der Waals surface area contributed by atoms with Crippen molar-refractivity contribution < 1.29 is 4.42 Å². The lowest BCUT2D eigenvalue weighted by molar-refractivity contribution is 0.234. The third kappa shape index (κ3) is 2.10. The number of hydrogen-bond donors (Lipinski definition) is 0. The Bertz CT molecular complexity index is 293. The summed E-state index contributed by atoms with van der Waals surface area (Å²) < 4.78 is 5.50. The molecule has 2 rings (SSSR count). The molecule has 0 aromatic carbocycles. The Balaban J connectivity index is 2.04. The lowest BCUT2D eigenvalue weighted by Gasteiger charge is -2.24. The summed E-state index contributed by atoms with van der Waals surface area (Å²) in [5.41, 5.74) is 0. The van der Waals surface area contributed by atoms with E-state index in [9.17, 15) is 0 Å². The average molecular weight is 207 g/mol. The van der Waals surface area contributed by atoms with Gasteiger partial charge in [0.25, 0.3) is 0 Å². The minimum absolute atomic E-state index is 0.601. The molecule has 2 nitrogen and oxygen atoms in total. The zero-order valence-corrected chi connectivity index (χ0v) is 9.94. The molecule has 1 unspecified atom stereocenters. The van der Waals surface area contributed by atoms with E-state index in [-0.39, 0.29) is 0 Å². The molecule has 1 aliphatic rings. The topological polar surface area (TPSA) is 16.4 Å². The molecule has 0 bridgehead atoms. The average Bonchev–Trinajstić information content (AvgIpc) is 2.84. The summed E-state index contributed by atoms with van der Waals surface area (Å²) in [5.74, 6) is 2.55. The van der Waals surface area contributed by atoms with E-state index in [4.69, 9.17) is 4.42 Å². The number of furan rings is 1. The van der Waals surface area contributed by atoms with Crippen molar-refractivity contribution in [2.24, 2.45) is 5.92 Å². The van der Waals surface area contributed by atoms with Crippen LogP contribution >= 0.6 is 0 Å². The lowest BCUT2D eigenvalue weighted by atomic mass is 9.93. The standard InChI is InChI=1S/C13H21NO/c1-4-10(2)12-8-11(9-14(12)3)13-6-5-7-15-13/h5-7,10-12H,4,8-9H2,1-3H3/t10?,11-,12-/m0/s1. The number of rotatable bonds is 3. The van der Waals surface area contributed by atoms with Crippen LogP contribution in [0.2, 0.25) is 0 Å². The summed E-state index contributed by atoms with van der Waals surface area (Å²) in [6.45, 7) is 5.77. The Hall–Kier alpha value is -0.760. The van der Waals surface area contributed by atoms with Crippen LogP contribution in [0.4, 0.5) is 0 Å². The Labute approximate surface area is 92.3 Å². The third-order valence-electron chi connectivity index (χ3n) is 3.85. The highest BCUT2D eigenvalue weighted by molar-refractivity contribution is 5.09. The molecular formula is C13H21NO. The molecule has 3 atom stereocenters. The predicted molar refractivity (Wildman–Crippen MR) is 61.9 cm³/mol. The van der Waals surface area contributed by atoms with Gasteiger partial charge in [0.05, 0.1) is 6.26 Å². The van der Waals surface area contributed by atoms with Crippen molar-refractivity contribution in [3.63, 3.8) is 0 Å². The van der Waals surface area contributed by atoms with Gasteiger partial charge >= 0.3 is 0 Å². The fraction of sp³-hybridized carbons (Fsp3) is 0.692. The van der Waals surface area contributed by atoms with Crippen LogP contribution in [0, 0.1) is 5.92 Å². The van der Waals surface area contributed by atoms with E-state index in [0.717, 1.165) is 24.3 Å². The first-order valence-corrected chi connectivity index (χ1v) is 5.96. The third-order valence-corrected chi connectivity index (χ3v) is 3.85. The van der Waals surface area contributed by atoms with Gasteiger partial charge in [-0.15, -0.1) is 0 Å². The zero-order valence-electron chi connectivity index (χ0n) is 9.94. The first-order valence-electron chi connectivity index (χ1n) is 5.96. The molecule has 2 heteroatoms. The van der Waals surface area contributed by atoms with Gasteiger partial charge in [0.2, 0.25) is 0 Å². The highest BCUT2D eigenvalue weighted by Crippen LogP contribution is 2.34. The van der Waals surface area contributed by atoms with Gasteiger partial charge in [0.1, 0.15) is 5.76 Å². The van der Waals surface area contributed by atoms with Crippen molar-refractivity contribution in [3.05, 3.63) is 24.2 Å². The minimum Gasteiger partial charge on any atom is -0.469 e. The van der Waals surface area contributed by atoms with Gasteiger partial charge in [-0.3, -0.25) is 0 Å². The molecule has 1 aromatic rings. The van der Waals surface area contributed by atoms with Gasteiger partial charge < -0.3 is 9.32 Å². The van der Waals surface area contributed by atoms with E-state index in [0.29, 0.717) is 5.92 Å². The van der Waals surface area contributed by atoms with Crippen LogP contribution in [0.5, 0.6) is 0 Å². The first-order chi connectivity index (χ1) is 7.22. The van der Waals surface area contributed by atoms with E-state index in [2.05, 4.69) is 31.9 Å². The minimum atomic E-state index is 0.601. The fourth-order valence-corrected chi connectivity index (χ4v) is 2.70. The van der Waals surface area contributed by atoms with Gasteiger partial charge in [-0.05, 0) is 31.5 Å². The summed E-state index contributed by atoms with van der Waals surface area (Å²) in [4.78, 5) is 2.49. The molecule has 0 amide bonds. The summed E-state index contributed by atoms with van der Waals surface area (Å²) in [5, 5.41) is 0. The van der Waals surface area contributed by atoms with Crippen molar-refractivity contribution in [3.8, 4) is 0 Å².